The second-order valence-electron chi connectivity index (χ2n) is 5.74. The van der Waals surface area contributed by atoms with Crippen LogP contribution >= 0.6 is 0 Å². The minimum atomic E-state index is 0.550. The lowest BCUT2D eigenvalue weighted by molar-refractivity contribution is 0.164. The summed E-state index contributed by atoms with van der Waals surface area (Å²) in [5, 5.41) is 0. The normalized spacial score (nSPS) is 24.6. The predicted molar refractivity (Wildman–Crippen MR) is 70.6 cm³/mol. The number of nitrogens with zero attached hydrogens (tertiary/aromatic N) is 2. The quantitative estimate of drug-likeness (QED) is 0.744. The van der Waals surface area contributed by atoms with Crippen LogP contribution in [0, 0.1) is 5.92 Å². The monoisotopic (exact) mass is 227 g/mol. The molecule has 96 valence electrons. The summed E-state index contributed by atoms with van der Waals surface area (Å²) in [5.41, 5.74) is 5.88. The van der Waals surface area contributed by atoms with Gasteiger partial charge in [-0.2, -0.15) is 0 Å². The van der Waals surface area contributed by atoms with Crippen molar-refractivity contribution in [1.82, 2.24) is 9.80 Å². The van der Waals surface area contributed by atoms with Crippen LogP contribution in [0.3, 0.4) is 0 Å². The first-order valence-electron chi connectivity index (χ1n) is 6.65. The summed E-state index contributed by atoms with van der Waals surface area (Å²) < 4.78 is 0. The second-order valence-corrected chi connectivity index (χ2v) is 5.74. The molecule has 3 nitrogen and oxygen atoms in total. The van der Waals surface area contributed by atoms with Gasteiger partial charge in [-0.15, -0.1) is 0 Å². The molecule has 0 aromatic heterocycles. The van der Waals surface area contributed by atoms with Gasteiger partial charge < -0.3 is 15.5 Å². The SMILES string of the molecule is CC(C)CC(CN)N(C)CC1CCCN1C. The summed E-state index contributed by atoms with van der Waals surface area (Å²) in [4.78, 5) is 4.95. The molecule has 1 rings (SSSR count). The number of nitrogens with two attached hydrogens (primary N) is 1. The van der Waals surface area contributed by atoms with Crippen molar-refractivity contribution in [3.63, 3.8) is 0 Å². The van der Waals surface area contributed by atoms with Crippen molar-refractivity contribution < 1.29 is 0 Å². The number of likely N-dealkylation sites (tertiary alicyclic amines) is 1. The molecule has 0 bridgehead atoms. The zero-order chi connectivity index (χ0) is 12.1. The first-order chi connectivity index (χ1) is 7.54. The molecule has 3 heteroatoms. The van der Waals surface area contributed by atoms with Crippen molar-refractivity contribution in [1.29, 1.82) is 0 Å². The smallest absolute Gasteiger partial charge is 0.0220 e. The average molecular weight is 227 g/mol. The van der Waals surface area contributed by atoms with Gasteiger partial charge in [0.05, 0.1) is 0 Å². The van der Waals surface area contributed by atoms with E-state index in [2.05, 4.69) is 37.7 Å². The molecule has 2 N–H and O–H groups in total. The Balaban J connectivity index is 2.39. The average Bonchev–Trinajstić information content (AvgIpc) is 2.60. The van der Waals surface area contributed by atoms with Gasteiger partial charge in [0, 0.05) is 25.2 Å². The molecule has 0 aliphatic carbocycles. The third-order valence-corrected chi connectivity index (χ3v) is 3.81. The molecule has 1 fully saturated rings. The van der Waals surface area contributed by atoms with Crippen molar-refractivity contribution in [2.45, 2.75) is 45.2 Å². The molecule has 1 aliphatic heterocycles. The lowest BCUT2D eigenvalue weighted by Gasteiger charge is -2.32. The van der Waals surface area contributed by atoms with Crippen LogP contribution in [-0.2, 0) is 0 Å². The minimum Gasteiger partial charge on any atom is -0.329 e. The molecule has 0 saturated carbocycles. The molecule has 16 heavy (non-hydrogen) atoms. The van der Waals surface area contributed by atoms with E-state index < -0.39 is 0 Å². The molecule has 1 aliphatic rings. The van der Waals surface area contributed by atoms with Crippen LogP contribution in [0.15, 0.2) is 0 Å². The van der Waals surface area contributed by atoms with Crippen molar-refractivity contribution in [3.8, 4) is 0 Å². The van der Waals surface area contributed by atoms with Gasteiger partial charge in [0.15, 0.2) is 0 Å². The van der Waals surface area contributed by atoms with Crippen LogP contribution in [0.25, 0.3) is 0 Å². The fourth-order valence-electron chi connectivity index (χ4n) is 2.69. The van der Waals surface area contributed by atoms with Crippen molar-refractivity contribution in [2.75, 3.05) is 33.7 Å². The molecule has 0 amide bonds. The van der Waals surface area contributed by atoms with Crippen LogP contribution in [0.5, 0.6) is 0 Å². The highest BCUT2D eigenvalue weighted by atomic mass is 15.2. The van der Waals surface area contributed by atoms with Crippen molar-refractivity contribution >= 4 is 0 Å². The van der Waals surface area contributed by atoms with Crippen LogP contribution < -0.4 is 5.73 Å². The van der Waals surface area contributed by atoms with E-state index in [0.717, 1.165) is 18.5 Å². The minimum absolute atomic E-state index is 0.550. The maximum absolute atomic E-state index is 5.88. The van der Waals surface area contributed by atoms with Gasteiger partial charge in [-0.1, -0.05) is 13.8 Å². The topological polar surface area (TPSA) is 32.5 Å². The van der Waals surface area contributed by atoms with E-state index in [1.807, 2.05) is 0 Å². The van der Waals surface area contributed by atoms with Gasteiger partial charge in [-0.25, -0.2) is 0 Å². The largest absolute Gasteiger partial charge is 0.329 e. The summed E-state index contributed by atoms with van der Waals surface area (Å²) in [7, 11) is 4.47. The van der Waals surface area contributed by atoms with E-state index in [0.29, 0.717) is 6.04 Å². The zero-order valence-corrected chi connectivity index (χ0v) is 11.4. The van der Waals surface area contributed by atoms with Gasteiger partial charge >= 0.3 is 0 Å². The molecule has 1 heterocycles. The maximum atomic E-state index is 5.88. The van der Waals surface area contributed by atoms with Gasteiger partial charge in [0.25, 0.3) is 0 Å². The van der Waals surface area contributed by atoms with Gasteiger partial charge in [-0.05, 0) is 45.8 Å². The van der Waals surface area contributed by atoms with Gasteiger partial charge in [-0.3, -0.25) is 0 Å². The first-order valence-corrected chi connectivity index (χ1v) is 6.65. The summed E-state index contributed by atoms with van der Waals surface area (Å²) >= 11 is 0. The first kappa shape index (κ1) is 13.9. The van der Waals surface area contributed by atoms with E-state index >= 15 is 0 Å². The highest BCUT2D eigenvalue weighted by Crippen LogP contribution is 2.17. The van der Waals surface area contributed by atoms with E-state index in [-0.39, 0.29) is 0 Å². The van der Waals surface area contributed by atoms with E-state index in [1.54, 1.807) is 0 Å². The molecular formula is C13H29N3. The van der Waals surface area contributed by atoms with Gasteiger partial charge in [0.2, 0.25) is 0 Å². The Hall–Kier alpha value is -0.120. The summed E-state index contributed by atoms with van der Waals surface area (Å²) in [5.74, 6) is 0.734. The van der Waals surface area contributed by atoms with Crippen LogP contribution in [-0.4, -0.2) is 55.6 Å². The van der Waals surface area contributed by atoms with Crippen LogP contribution in [0.1, 0.15) is 33.1 Å². The Morgan fingerprint density at radius 1 is 1.44 bits per heavy atom. The summed E-state index contributed by atoms with van der Waals surface area (Å²) in [6.07, 6.45) is 3.91. The highest BCUT2D eigenvalue weighted by Gasteiger charge is 2.24. The Bertz CT molecular complexity index is 194. The van der Waals surface area contributed by atoms with Crippen LogP contribution in [0.2, 0.25) is 0 Å². The lowest BCUT2D eigenvalue weighted by atomic mass is 10.0. The van der Waals surface area contributed by atoms with E-state index in [4.69, 9.17) is 5.73 Å². The number of likely N-dealkylation sites (N-methyl/N-ethyl adjacent to an activating group) is 2. The van der Waals surface area contributed by atoms with E-state index in [9.17, 15) is 0 Å². The Labute approximate surface area is 101 Å². The predicted octanol–water partition coefficient (Wildman–Crippen LogP) is 1.39. The maximum Gasteiger partial charge on any atom is 0.0220 e. The van der Waals surface area contributed by atoms with E-state index in [1.165, 1.54) is 32.4 Å². The molecule has 2 unspecified atom stereocenters. The fraction of sp³-hybridized carbons (Fsp3) is 1.00. The lowest BCUT2D eigenvalue weighted by Crippen LogP contribution is -2.45. The Morgan fingerprint density at radius 2 is 2.12 bits per heavy atom. The number of hydrogen-bond acceptors (Lipinski definition) is 3. The molecule has 1 saturated heterocycles. The third kappa shape index (κ3) is 4.04. The van der Waals surface area contributed by atoms with Crippen molar-refractivity contribution in [2.24, 2.45) is 11.7 Å². The molecule has 0 aromatic carbocycles. The van der Waals surface area contributed by atoms with Crippen molar-refractivity contribution in [3.05, 3.63) is 0 Å². The fourth-order valence-corrected chi connectivity index (χ4v) is 2.69. The molecule has 0 spiro atoms. The molecular weight excluding hydrogens is 198 g/mol. The van der Waals surface area contributed by atoms with Crippen LogP contribution in [0.4, 0.5) is 0 Å². The third-order valence-electron chi connectivity index (χ3n) is 3.81. The van der Waals surface area contributed by atoms with Gasteiger partial charge in [0.1, 0.15) is 0 Å². The zero-order valence-electron chi connectivity index (χ0n) is 11.4. The molecule has 0 radical (unpaired) electrons. The summed E-state index contributed by atoms with van der Waals surface area (Å²) in [6, 6.07) is 1.29. The Morgan fingerprint density at radius 3 is 2.56 bits per heavy atom. The standard InChI is InChI=1S/C13H29N3/c1-11(2)8-13(9-14)16(4)10-12-6-5-7-15(12)3/h11-13H,5-10,14H2,1-4H3. The summed E-state index contributed by atoms with van der Waals surface area (Å²) in [6.45, 7) is 7.77. The number of rotatable bonds is 6. The molecule has 0 aromatic rings. The highest BCUT2D eigenvalue weighted by molar-refractivity contribution is 4.81. The molecule has 2 atom stereocenters. The number of hydrogen-bond donors (Lipinski definition) is 1. The second kappa shape index (κ2) is 6.58. The Kier molecular flexibility index (Phi) is 5.73.